The van der Waals surface area contributed by atoms with Gasteiger partial charge in [0.2, 0.25) is 5.77 Å². The second kappa shape index (κ2) is 22.9. The summed E-state index contributed by atoms with van der Waals surface area (Å²) in [5.74, 6) is 1.76. The summed E-state index contributed by atoms with van der Waals surface area (Å²) in [5, 5.41) is 0. The molecule has 0 spiro atoms. The molecule has 2 saturated carbocycles. The molecule has 6 aromatic rings. The van der Waals surface area contributed by atoms with Crippen molar-refractivity contribution in [2.75, 3.05) is 0 Å². The number of hydrogen-bond acceptors (Lipinski definition) is 2. The Bertz CT molecular complexity index is 2620. The molecule has 436 valence electrons. The summed E-state index contributed by atoms with van der Waals surface area (Å²) in [4.78, 5) is 3.37. The molecule has 0 amide bonds. The van der Waals surface area contributed by atoms with Crippen molar-refractivity contribution in [2.24, 2.45) is 0 Å². The number of halogens is 25. The van der Waals surface area contributed by atoms with Gasteiger partial charge in [0, 0.05) is 21.9 Å². The summed E-state index contributed by atoms with van der Waals surface area (Å²) in [6.07, 6.45) is -40.4. The van der Waals surface area contributed by atoms with Gasteiger partial charge in [-0.15, -0.1) is 0 Å². The Balaban J connectivity index is 0.000000329. The van der Waals surface area contributed by atoms with Crippen LogP contribution in [0.1, 0.15) is 130 Å². The van der Waals surface area contributed by atoms with Crippen molar-refractivity contribution in [3.8, 4) is 0 Å². The molecule has 0 bridgehead atoms. The van der Waals surface area contributed by atoms with Gasteiger partial charge in [0.05, 0.1) is 44.5 Å². The highest BCUT2D eigenvalue weighted by Gasteiger charge is 2.47. The van der Waals surface area contributed by atoms with Crippen LogP contribution in [0.4, 0.5) is 105 Å². The predicted octanol–water partition coefficient (Wildman–Crippen LogP) is 15.2. The fourth-order valence-electron chi connectivity index (χ4n) is 10.1. The van der Waals surface area contributed by atoms with Crippen LogP contribution in [0.15, 0.2) is 97.1 Å². The largest absolute Gasteiger partial charge is 0.416 e. The van der Waals surface area contributed by atoms with Crippen LogP contribution in [-0.2, 0) is 49.4 Å². The van der Waals surface area contributed by atoms with Gasteiger partial charge in [-0.25, -0.2) is 0 Å². The lowest BCUT2D eigenvalue weighted by Crippen LogP contribution is -3.61. The summed E-state index contributed by atoms with van der Waals surface area (Å²) in [7, 11) is 0. The smallest absolute Gasteiger partial charge is 0.194 e. The first-order valence-electron chi connectivity index (χ1n) is 23.8. The monoisotopic (exact) mass is 1320 g/mol. The first-order valence-corrected chi connectivity index (χ1v) is 27.6. The van der Waals surface area contributed by atoms with Crippen LogP contribution in [0.2, 0.25) is 0 Å². The van der Waals surface area contributed by atoms with E-state index in [2.05, 4.69) is 46.9 Å². The van der Waals surface area contributed by atoms with Crippen molar-refractivity contribution in [1.29, 1.82) is 0 Å². The third-order valence-electron chi connectivity index (χ3n) is 13.8. The molecule has 2 aliphatic rings. The summed E-state index contributed by atoms with van der Waals surface area (Å²) in [5.41, 5.74) is -30.2. The van der Waals surface area contributed by atoms with Gasteiger partial charge in [-0.2, -0.15) is 127 Å². The highest BCUT2D eigenvalue weighted by Crippen LogP contribution is 2.43. The van der Waals surface area contributed by atoms with E-state index < -0.39 is 195 Å². The SMILES string of the molecule is FC(F)(F)c1cc([B-](c2cc(C(F)(F)F)cc(C(F)(F)F)c2)(c2cc(C(F)(F)F)cc(C(F)(F)F)c2)c2cc(C(F)(F)F)cc(C(F)(F)F)c2)cc(C(F)(F)F)c1.c1cc(C2CCCCC2)sc1[I+]c1ccc(C2CCCCC2)s1. The fraction of sp³-hybridized carbons (Fsp3) is 0.385. The van der Waals surface area contributed by atoms with Gasteiger partial charge in [0.1, 0.15) is 6.15 Å². The zero-order valence-corrected chi connectivity index (χ0v) is 44.1. The number of benzene rings is 4. The zero-order valence-electron chi connectivity index (χ0n) is 40.3. The van der Waals surface area contributed by atoms with E-state index in [1.807, 2.05) is 0 Å². The molecule has 28 heteroatoms. The summed E-state index contributed by atoms with van der Waals surface area (Å²) < 4.78 is 344. The predicted molar refractivity (Wildman–Crippen MR) is 248 cm³/mol. The third-order valence-corrected chi connectivity index (χ3v) is 20.0. The first kappa shape index (κ1) is 63.0. The standard InChI is InChI=1S/C32H12BF24.C20H26IS2/c34-25(35,36)13-1-14(26(37,38)39)6-21(5-13)33(22-7-15(27(40,41)42)2-16(8-22)28(43,44)45,23-9-17(29(46,47)48)3-18(10-23)30(49,50)51)24-11-19(31(52,53)54)4-20(12-24)32(55,56)57;1-3-7-15(8-4-1)17-11-13-19(22-17)21-20-14-12-18(23-20)16-9-5-2-6-10-16/h1-12H;11-16H,1-10H2/q-1;+1. The lowest BCUT2D eigenvalue weighted by Gasteiger charge is -2.46. The number of thiophene rings is 2. The Morgan fingerprint density at radius 2 is 0.487 bits per heavy atom. The Morgan fingerprint density at radius 3 is 0.675 bits per heavy atom. The van der Waals surface area contributed by atoms with Crippen LogP contribution in [0.3, 0.4) is 0 Å². The Kier molecular flexibility index (Phi) is 18.0. The van der Waals surface area contributed by atoms with Gasteiger partial charge in [-0.1, -0.05) is 110 Å². The lowest BCUT2D eigenvalue weighted by molar-refractivity contribution is -0.585. The van der Waals surface area contributed by atoms with Crippen molar-refractivity contribution in [2.45, 2.75) is 125 Å². The third kappa shape index (κ3) is 14.8. The van der Waals surface area contributed by atoms with Crippen molar-refractivity contribution >= 4 is 50.7 Å². The van der Waals surface area contributed by atoms with Crippen molar-refractivity contribution in [1.82, 2.24) is 0 Å². The number of rotatable bonds is 8. The average Bonchev–Trinajstić information content (AvgIpc) is 4.13. The minimum atomic E-state index is -6.13. The van der Waals surface area contributed by atoms with Gasteiger partial charge in [-0.05, 0) is 73.9 Å². The molecule has 0 N–H and O–H groups in total. The van der Waals surface area contributed by atoms with Crippen LogP contribution in [0.5, 0.6) is 0 Å². The summed E-state index contributed by atoms with van der Waals surface area (Å²) >= 11 is 4.33. The zero-order chi connectivity index (χ0) is 59.4. The topological polar surface area (TPSA) is 0 Å². The Labute approximate surface area is 457 Å². The van der Waals surface area contributed by atoms with E-state index in [4.69, 9.17) is 0 Å². The molecule has 0 nitrogen and oxygen atoms in total. The molecule has 4 aromatic carbocycles. The second-order valence-corrected chi connectivity index (χ2v) is 25.8. The highest BCUT2D eigenvalue weighted by atomic mass is 127. The molecule has 2 fully saturated rings. The molecule has 2 heterocycles. The van der Waals surface area contributed by atoms with Crippen molar-refractivity contribution in [3.05, 3.63) is 157 Å². The van der Waals surface area contributed by atoms with Crippen LogP contribution in [0.25, 0.3) is 0 Å². The van der Waals surface area contributed by atoms with Crippen LogP contribution >= 0.6 is 22.7 Å². The minimum Gasteiger partial charge on any atom is -0.194 e. The Hall–Kier alpha value is -4.61. The van der Waals surface area contributed by atoms with Crippen LogP contribution < -0.4 is 43.1 Å². The molecule has 0 saturated heterocycles. The summed E-state index contributed by atoms with van der Waals surface area (Å²) in [6, 6.07) is 0.982. The average molecular weight is 1320 g/mol. The molecular formula is C52H38BF24IS2. The van der Waals surface area contributed by atoms with E-state index in [0.29, 0.717) is 0 Å². The van der Waals surface area contributed by atoms with Crippen molar-refractivity contribution < 1.29 is 127 Å². The van der Waals surface area contributed by atoms with E-state index in [1.165, 1.54) is 64.2 Å². The highest BCUT2D eigenvalue weighted by molar-refractivity contribution is 7.20. The van der Waals surface area contributed by atoms with Crippen molar-refractivity contribution in [3.63, 3.8) is 0 Å². The minimum absolute atomic E-state index is 0.0622. The maximum absolute atomic E-state index is 14.2. The molecule has 2 aromatic heterocycles. The van der Waals surface area contributed by atoms with Gasteiger partial charge in [-0.3, -0.25) is 0 Å². The second-order valence-electron chi connectivity index (χ2n) is 19.3. The maximum atomic E-state index is 14.2. The van der Waals surface area contributed by atoms with Crippen LogP contribution in [-0.4, -0.2) is 6.15 Å². The van der Waals surface area contributed by atoms with E-state index in [1.54, 1.807) is 15.5 Å². The molecule has 0 unspecified atom stereocenters. The quantitative estimate of drug-likeness (QED) is 0.0809. The first-order chi connectivity index (χ1) is 36.6. The fourth-order valence-corrected chi connectivity index (χ4v) is 16.9. The number of hydrogen-bond donors (Lipinski definition) is 0. The molecule has 0 atom stereocenters. The van der Waals surface area contributed by atoms with Crippen LogP contribution in [0, 0.1) is 5.77 Å². The number of alkyl halides is 24. The molecular weight excluding hydrogens is 1280 g/mol. The van der Waals surface area contributed by atoms with Gasteiger partial charge in [0.25, 0.3) is 0 Å². The lowest BCUT2D eigenvalue weighted by atomic mass is 9.12. The molecule has 80 heavy (non-hydrogen) atoms. The van der Waals surface area contributed by atoms with Gasteiger partial charge < -0.3 is 0 Å². The van der Waals surface area contributed by atoms with Gasteiger partial charge >= 0.3 is 70.6 Å². The van der Waals surface area contributed by atoms with Gasteiger partial charge in [0.15, 0.2) is 0 Å². The summed E-state index contributed by atoms with van der Waals surface area (Å²) in [6.45, 7) is 0. The Morgan fingerprint density at radius 1 is 0.287 bits per heavy atom. The molecule has 8 rings (SSSR count). The molecule has 0 radical (unpaired) electrons. The molecule has 2 aliphatic carbocycles. The normalized spacial score (nSPS) is 16.2. The maximum Gasteiger partial charge on any atom is 0.416 e. The van der Waals surface area contributed by atoms with E-state index in [-0.39, 0.29) is 21.2 Å². The van der Waals surface area contributed by atoms with E-state index in [9.17, 15) is 105 Å². The van der Waals surface area contributed by atoms with E-state index in [0.717, 1.165) is 11.8 Å². The molecule has 0 aliphatic heterocycles. The van der Waals surface area contributed by atoms with E-state index >= 15 is 0 Å².